The Bertz CT molecular complexity index is 1140. The van der Waals surface area contributed by atoms with E-state index in [1.54, 1.807) is 18.2 Å². The van der Waals surface area contributed by atoms with Crippen LogP contribution in [0, 0.1) is 0 Å². The minimum Gasteiger partial charge on any atom is -0.486 e. The summed E-state index contributed by atoms with van der Waals surface area (Å²) in [6.45, 7) is 3.04. The Kier molecular flexibility index (Phi) is 5.33. The van der Waals surface area contributed by atoms with E-state index in [9.17, 15) is 9.59 Å². The van der Waals surface area contributed by atoms with Crippen molar-refractivity contribution in [2.75, 3.05) is 13.2 Å². The molecule has 148 valence electrons. The summed E-state index contributed by atoms with van der Waals surface area (Å²) in [6.07, 6.45) is 3.82. The summed E-state index contributed by atoms with van der Waals surface area (Å²) < 4.78 is 21.6. The van der Waals surface area contributed by atoms with Crippen molar-refractivity contribution >= 4 is 23.0 Å². The van der Waals surface area contributed by atoms with E-state index in [1.165, 1.54) is 12.1 Å². The molecule has 0 radical (unpaired) electrons. The van der Waals surface area contributed by atoms with Gasteiger partial charge < -0.3 is 18.6 Å². The molecular weight excluding hydrogens is 372 g/mol. The number of hydrogen-bond donors (Lipinski definition) is 0. The van der Waals surface area contributed by atoms with Crippen LogP contribution in [0.3, 0.4) is 0 Å². The average Bonchev–Trinajstić information content (AvgIpc) is 2.75. The number of hydrogen-bond acceptors (Lipinski definition) is 6. The van der Waals surface area contributed by atoms with Gasteiger partial charge in [0.05, 0.1) is 0 Å². The van der Waals surface area contributed by atoms with E-state index in [-0.39, 0.29) is 6.61 Å². The van der Waals surface area contributed by atoms with Crippen LogP contribution in [-0.2, 0) is 22.6 Å². The maximum Gasteiger partial charge on any atom is 0.336 e. The van der Waals surface area contributed by atoms with Crippen LogP contribution in [0.5, 0.6) is 11.5 Å². The molecule has 4 rings (SSSR count). The second-order valence-corrected chi connectivity index (χ2v) is 6.62. The Morgan fingerprint density at radius 3 is 2.72 bits per heavy atom. The fourth-order valence-corrected chi connectivity index (χ4v) is 3.14. The van der Waals surface area contributed by atoms with Gasteiger partial charge in [0, 0.05) is 23.1 Å². The smallest absolute Gasteiger partial charge is 0.336 e. The van der Waals surface area contributed by atoms with Gasteiger partial charge in [0.15, 0.2) is 11.5 Å². The number of aryl methyl sites for hydroxylation is 1. The molecule has 0 aliphatic carbocycles. The van der Waals surface area contributed by atoms with Crippen LogP contribution < -0.4 is 15.1 Å². The zero-order chi connectivity index (χ0) is 20.2. The lowest BCUT2D eigenvalue weighted by molar-refractivity contribution is -0.138. The van der Waals surface area contributed by atoms with Crippen LogP contribution in [0.2, 0.25) is 0 Å². The third-order valence-corrected chi connectivity index (χ3v) is 4.65. The summed E-state index contributed by atoms with van der Waals surface area (Å²) in [7, 11) is 0. The first-order valence-electron chi connectivity index (χ1n) is 9.42. The highest BCUT2D eigenvalue weighted by molar-refractivity contribution is 5.87. The van der Waals surface area contributed by atoms with Crippen molar-refractivity contribution in [2.24, 2.45) is 0 Å². The summed E-state index contributed by atoms with van der Waals surface area (Å²) in [5.41, 5.74) is 2.50. The summed E-state index contributed by atoms with van der Waals surface area (Å²) in [5.74, 6) is 0.837. The highest BCUT2D eigenvalue weighted by Crippen LogP contribution is 2.31. The van der Waals surface area contributed by atoms with Crippen LogP contribution >= 0.6 is 0 Å². The van der Waals surface area contributed by atoms with Gasteiger partial charge in [-0.3, -0.25) is 0 Å². The summed E-state index contributed by atoms with van der Waals surface area (Å²) >= 11 is 0. The molecule has 0 N–H and O–H groups in total. The molecule has 0 saturated heterocycles. The maximum absolute atomic E-state index is 12.1. The van der Waals surface area contributed by atoms with Gasteiger partial charge in [0.1, 0.15) is 25.4 Å². The molecule has 0 unspecified atom stereocenters. The number of ether oxygens (including phenoxy) is 3. The lowest BCUT2D eigenvalue weighted by atomic mass is 10.1. The Labute approximate surface area is 167 Å². The molecule has 0 atom stereocenters. The lowest BCUT2D eigenvalue weighted by Crippen LogP contribution is -2.15. The van der Waals surface area contributed by atoms with E-state index in [1.807, 2.05) is 31.2 Å². The number of rotatable bonds is 5. The van der Waals surface area contributed by atoms with Gasteiger partial charge >= 0.3 is 11.6 Å². The van der Waals surface area contributed by atoms with E-state index in [0.717, 1.165) is 22.9 Å². The number of carbonyl (C=O) groups excluding carboxylic acids is 1. The monoisotopic (exact) mass is 392 g/mol. The highest BCUT2D eigenvalue weighted by Gasteiger charge is 2.11. The normalized spacial score (nSPS) is 13.0. The summed E-state index contributed by atoms with van der Waals surface area (Å²) in [4.78, 5) is 24.0. The van der Waals surface area contributed by atoms with Gasteiger partial charge in [-0.2, -0.15) is 0 Å². The van der Waals surface area contributed by atoms with Crippen LogP contribution in [0.15, 0.2) is 57.8 Å². The quantitative estimate of drug-likeness (QED) is 0.373. The average molecular weight is 392 g/mol. The fraction of sp³-hybridized carbons (Fsp3) is 0.217. The number of benzene rings is 2. The second kappa shape index (κ2) is 8.22. The number of fused-ring (bicyclic) bond motifs is 2. The number of esters is 1. The van der Waals surface area contributed by atoms with Gasteiger partial charge in [-0.25, -0.2) is 9.59 Å². The zero-order valence-electron chi connectivity index (χ0n) is 16.0. The molecule has 1 aliphatic rings. The zero-order valence-corrected chi connectivity index (χ0v) is 16.0. The van der Waals surface area contributed by atoms with E-state index < -0.39 is 11.6 Å². The van der Waals surface area contributed by atoms with Gasteiger partial charge in [0.25, 0.3) is 0 Å². The number of carbonyl (C=O) groups is 1. The predicted octanol–water partition coefficient (Wildman–Crippen LogP) is 3.88. The molecule has 1 aromatic heterocycles. The second-order valence-electron chi connectivity index (χ2n) is 6.62. The van der Waals surface area contributed by atoms with Gasteiger partial charge in [0.2, 0.25) is 0 Å². The minimum atomic E-state index is -0.508. The first kappa shape index (κ1) is 18.8. The fourth-order valence-electron chi connectivity index (χ4n) is 3.14. The Morgan fingerprint density at radius 1 is 1.07 bits per heavy atom. The molecule has 3 aromatic rings. The van der Waals surface area contributed by atoms with Crippen molar-refractivity contribution in [1.82, 2.24) is 0 Å². The molecule has 0 saturated carbocycles. The molecule has 2 aromatic carbocycles. The minimum absolute atomic E-state index is 0.0160. The van der Waals surface area contributed by atoms with Gasteiger partial charge in [-0.1, -0.05) is 25.1 Å². The first-order chi connectivity index (χ1) is 14.1. The van der Waals surface area contributed by atoms with Crippen molar-refractivity contribution < 1.29 is 23.4 Å². The first-order valence-corrected chi connectivity index (χ1v) is 9.42. The summed E-state index contributed by atoms with van der Waals surface area (Å²) in [6, 6.07) is 12.5. The van der Waals surface area contributed by atoms with Crippen molar-refractivity contribution in [1.29, 1.82) is 0 Å². The van der Waals surface area contributed by atoms with Crippen molar-refractivity contribution in [3.8, 4) is 11.5 Å². The summed E-state index contributed by atoms with van der Waals surface area (Å²) in [5, 5.41) is 0.755. The molecule has 0 fully saturated rings. The van der Waals surface area contributed by atoms with Crippen LogP contribution in [0.4, 0.5) is 0 Å². The Balaban J connectivity index is 1.46. The van der Waals surface area contributed by atoms with E-state index in [4.69, 9.17) is 18.6 Å². The Hall–Kier alpha value is -3.54. The predicted molar refractivity (Wildman–Crippen MR) is 108 cm³/mol. The molecule has 29 heavy (non-hydrogen) atoms. The van der Waals surface area contributed by atoms with Crippen LogP contribution in [-0.4, -0.2) is 19.2 Å². The van der Waals surface area contributed by atoms with Crippen LogP contribution in [0.25, 0.3) is 17.0 Å². The molecular formula is C23H20O6. The van der Waals surface area contributed by atoms with E-state index in [2.05, 4.69) is 0 Å². The topological polar surface area (TPSA) is 75.0 Å². The molecule has 0 bridgehead atoms. The van der Waals surface area contributed by atoms with E-state index >= 15 is 0 Å². The van der Waals surface area contributed by atoms with Crippen molar-refractivity contribution in [2.45, 2.75) is 20.0 Å². The Morgan fingerprint density at radius 2 is 1.90 bits per heavy atom. The molecule has 0 amide bonds. The van der Waals surface area contributed by atoms with Gasteiger partial charge in [-0.15, -0.1) is 0 Å². The van der Waals surface area contributed by atoms with Crippen molar-refractivity contribution in [3.63, 3.8) is 0 Å². The standard InChI is InChI=1S/C23H20O6/c1-2-15-3-6-18-17(13-23(25)29-20(18)11-15)14-28-22(24)8-5-16-4-7-19-21(12-16)27-10-9-26-19/h3-8,11-13H,2,9-10,14H2,1H3/b8-5-. The van der Waals surface area contributed by atoms with Gasteiger partial charge in [-0.05, 0) is 41.8 Å². The SMILES string of the molecule is CCc1ccc2c(COC(=O)/C=C\c3ccc4c(c3)OCCO4)cc(=O)oc2c1. The molecule has 0 spiro atoms. The third-order valence-electron chi connectivity index (χ3n) is 4.65. The molecule has 6 heteroatoms. The third kappa shape index (κ3) is 4.32. The highest BCUT2D eigenvalue weighted by atomic mass is 16.6. The maximum atomic E-state index is 12.1. The largest absolute Gasteiger partial charge is 0.486 e. The van der Waals surface area contributed by atoms with E-state index in [0.29, 0.717) is 35.9 Å². The molecule has 6 nitrogen and oxygen atoms in total. The van der Waals surface area contributed by atoms with Crippen LogP contribution in [0.1, 0.15) is 23.6 Å². The van der Waals surface area contributed by atoms with Crippen molar-refractivity contribution in [3.05, 3.63) is 75.7 Å². The molecule has 2 heterocycles. The lowest BCUT2D eigenvalue weighted by Gasteiger charge is -2.18. The molecule has 1 aliphatic heterocycles.